The average molecular weight is 166 g/mol. The lowest BCUT2D eigenvalue weighted by molar-refractivity contribution is -0.137. The average Bonchev–Trinajstić information content (AvgIpc) is 2.07. The lowest BCUT2D eigenvalue weighted by Gasteiger charge is -1.94. The van der Waals surface area contributed by atoms with E-state index in [0.717, 1.165) is 5.57 Å². The molecule has 0 spiro atoms. The highest BCUT2D eigenvalue weighted by atomic mass is 16.5. The van der Waals surface area contributed by atoms with Gasteiger partial charge in [-0.05, 0) is 25.5 Å². The van der Waals surface area contributed by atoms with Gasteiger partial charge in [0, 0.05) is 6.08 Å². The monoisotopic (exact) mass is 166 g/mol. The van der Waals surface area contributed by atoms with Gasteiger partial charge in [0.25, 0.3) is 0 Å². The van der Waals surface area contributed by atoms with Gasteiger partial charge < -0.3 is 4.74 Å². The van der Waals surface area contributed by atoms with Crippen molar-refractivity contribution in [1.29, 1.82) is 0 Å². The van der Waals surface area contributed by atoms with Crippen LogP contribution in [0.3, 0.4) is 0 Å². The van der Waals surface area contributed by atoms with Gasteiger partial charge in [-0.1, -0.05) is 18.7 Å². The van der Waals surface area contributed by atoms with Crippen molar-refractivity contribution in [3.63, 3.8) is 0 Å². The molecular weight excluding hydrogens is 152 g/mol. The fraction of sp³-hybridized carbons (Fsp3) is 0.300. The highest BCUT2D eigenvalue weighted by Crippen LogP contribution is 1.97. The standard InChI is InChI=1S/C10H14O2/c1-4-9(5-2)7-8-10(11)12-6-3/h4-5,7-8H,1,6H2,2-3H3. The van der Waals surface area contributed by atoms with Crippen LogP contribution in [0, 0.1) is 0 Å². The van der Waals surface area contributed by atoms with Crippen molar-refractivity contribution in [2.45, 2.75) is 13.8 Å². The second-order valence-electron chi connectivity index (χ2n) is 2.08. The number of rotatable bonds is 4. The molecule has 0 aliphatic heterocycles. The number of hydrogen-bond donors (Lipinski definition) is 0. The smallest absolute Gasteiger partial charge is 0.330 e. The number of hydrogen-bond acceptors (Lipinski definition) is 2. The Balaban J connectivity index is 4.04. The Hall–Kier alpha value is -1.31. The summed E-state index contributed by atoms with van der Waals surface area (Å²) in [5.41, 5.74) is 0.906. The van der Waals surface area contributed by atoms with Crippen LogP contribution < -0.4 is 0 Å². The van der Waals surface area contributed by atoms with E-state index in [1.807, 2.05) is 13.0 Å². The summed E-state index contributed by atoms with van der Waals surface area (Å²) in [7, 11) is 0. The Bertz CT molecular complexity index is 212. The highest BCUT2D eigenvalue weighted by molar-refractivity contribution is 5.82. The molecule has 0 aliphatic carbocycles. The quantitative estimate of drug-likeness (QED) is 0.363. The summed E-state index contributed by atoms with van der Waals surface area (Å²) in [6.45, 7) is 7.64. The Morgan fingerprint density at radius 2 is 2.17 bits per heavy atom. The van der Waals surface area contributed by atoms with Crippen molar-refractivity contribution < 1.29 is 9.53 Å². The van der Waals surface area contributed by atoms with E-state index in [1.165, 1.54) is 6.08 Å². The van der Waals surface area contributed by atoms with Crippen LogP contribution in [0.2, 0.25) is 0 Å². The Kier molecular flexibility index (Phi) is 5.70. The largest absolute Gasteiger partial charge is 0.463 e. The molecule has 0 amide bonds. The second kappa shape index (κ2) is 6.40. The summed E-state index contributed by atoms with van der Waals surface area (Å²) in [6.07, 6.45) is 6.60. The van der Waals surface area contributed by atoms with Crippen LogP contribution in [0.4, 0.5) is 0 Å². The van der Waals surface area contributed by atoms with Crippen molar-refractivity contribution in [3.05, 3.63) is 36.5 Å². The predicted molar refractivity (Wildman–Crippen MR) is 49.7 cm³/mol. The van der Waals surface area contributed by atoms with Crippen LogP contribution in [-0.2, 0) is 9.53 Å². The molecule has 2 nitrogen and oxygen atoms in total. The van der Waals surface area contributed by atoms with E-state index in [1.54, 1.807) is 19.1 Å². The molecular formula is C10H14O2. The van der Waals surface area contributed by atoms with Gasteiger partial charge in [-0.15, -0.1) is 0 Å². The van der Waals surface area contributed by atoms with Crippen molar-refractivity contribution in [2.24, 2.45) is 0 Å². The fourth-order valence-corrected chi connectivity index (χ4v) is 0.637. The van der Waals surface area contributed by atoms with E-state index in [2.05, 4.69) is 6.58 Å². The fourth-order valence-electron chi connectivity index (χ4n) is 0.637. The van der Waals surface area contributed by atoms with Crippen molar-refractivity contribution >= 4 is 5.97 Å². The second-order valence-corrected chi connectivity index (χ2v) is 2.08. The number of esters is 1. The number of allylic oxidation sites excluding steroid dienone is 4. The zero-order valence-electron chi connectivity index (χ0n) is 7.54. The summed E-state index contributed by atoms with van der Waals surface area (Å²) in [5, 5.41) is 0. The van der Waals surface area contributed by atoms with Gasteiger partial charge in [0.1, 0.15) is 0 Å². The first-order chi connectivity index (χ1) is 5.74. The lowest BCUT2D eigenvalue weighted by atomic mass is 10.2. The molecule has 0 N–H and O–H groups in total. The normalized spacial score (nSPS) is 11.7. The minimum Gasteiger partial charge on any atom is -0.463 e. The third kappa shape index (κ3) is 4.50. The zero-order chi connectivity index (χ0) is 9.40. The third-order valence-corrected chi connectivity index (χ3v) is 1.27. The molecule has 0 heterocycles. The maximum atomic E-state index is 10.8. The van der Waals surface area contributed by atoms with Crippen LogP contribution in [-0.4, -0.2) is 12.6 Å². The minimum absolute atomic E-state index is 0.321. The van der Waals surface area contributed by atoms with E-state index in [0.29, 0.717) is 6.61 Å². The van der Waals surface area contributed by atoms with Gasteiger partial charge in [-0.25, -0.2) is 4.79 Å². The van der Waals surface area contributed by atoms with E-state index in [-0.39, 0.29) is 5.97 Å². The molecule has 0 aromatic rings. The minimum atomic E-state index is -0.321. The predicted octanol–water partition coefficient (Wildman–Crippen LogP) is 2.24. The highest BCUT2D eigenvalue weighted by Gasteiger charge is 1.92. The Morgan fingerprint density at radius 1 is 1.50 bits per heavy atom. The SMILES string of the molecule is C=CC(C=CC(=O)OCC)=CC. The summed E-state index contributed by atoms with van der Waals surface area (Å²) in [6, 6.07) is 0. The molecule has 0 aromatic heterocycles. The molecule has 66 valence electrons. The van der Waals surface area contributed by atoms with Crippen LogP contribution in [0.5, 0.6) is 0 Å². The first-order valence-electron chi connectivity index (χ1n) is 3.88. The number of carbonyl (C=O) groups is 1. The van der Waals surface area contributed by atoms with Gasteiger partial charge in [-0.2, -0.15) is 0 Å². The summed E-state index contributed by atoms with van der Waals surface area (Å²) in [4.78, 5) is 10.8. The van der Waals surface area contributed by atoms with Crippen LogP contribution >= 0.6 is 0 Å². The van der Waals surface area contributed by atoms with Gasteiger partial charge >= 0.3 is 5.97 Å². The topological polar surface area (TPSA) is 26.3 Å². The molecule has 0 fully saturated rings. The summed E-state index contributed by atoms with van der Waals surface area (Å²) in [5.74, 6) is -0.321. The van der Waals surface area contributed by atoms with Crippen molar-refractivity contribution in [2.75, 3.05) is 6.61 Å². The van der Waals surface area contributed by atoms with Gasteiger partial charge in [0.15, 0.2) is 0 Å². The van der Waals surface area contributed by atoms with E-state index < -0.39 is 0 Å². The van der Waals surface area contributed by atoms with Crippen LogP contribution in [0.15, 0.2) is 36.5 Å². The molecule has 2 heteroatoms. The molecule has 0 unspecified atom stereocenters. The Morgan fingerprint density at radius 3 is 2.58 bits per heavy atom. The maximum absolute atomic E-state index is 10.8. The van der Waals surface area contributed by atoms with Crippen LogP contribution in [0.25, 0.3) is 0 Å². The van der Waals surface area contributed by atoms with E-state index in [4.69, 9.17) is 4.74 Å². The first kappa shape index (κ1) is 10.7. The molecule has 0 saturated heterocycles. The molecule has 0 aromatic carbocycles. The third-order valence-electron chi connectivity index (χ3n) is 1.27. The summed E-state index contributed by atoms with van der Waals surface area (Å²) >= 11 is 0. The van der Waals surface area contributed by atoms with Gasteiger partial charge in [0.05, 0.1) is 6.61 Å². The van der Waals surface area contributed by atoms with E-state index >= 15 is 0 Å². The van der Waals surface area contributed by atoms with E-state index in [9.17, 15) is 4.79 Å². The number of ether oxygens (including phenoxy) is 1. The molecule has 12 heavy (non-hydrogen) atoms. The van der Waals surface area contributed by atoms with Gasteiger partial charge in [0.2, 0.25) is 0 Å². The van der Waals surface area contributed by atoms with Crippen molar-refractivity contribution in [3.8, 4) is 0 Å². The molecule has 0 rings (SSSR count). The first-order valence-corrected chi connectivity index (χ1v) is 3.88. The van der Waals surface area contributed by atoms with Crippen LogP contribution in [0.1, 0.15) is 13.8 Å². The zero-order valence-corrected chi connectivity index (χ0v) is 7.54. The molecule has 0 radical (unpaired) electrons. The molecule has 0 aliphatic rings. The van der Waals surface area contributed by atoms with Gasteiger partial charge in [-0.3, -0.25) is 0 Å². The lowest BCUT2D eigenvalue weighted by Crippen LogP contribution is -1.98. The molecule has 0 atom stereocenters. The summed E-state index contributed by atoms with van der Waals surface area (Å²) < 4.78 is 4.69. The maximum Gasteiger partial charge on any atom is 0.330 e. The molecule has 0 bridgehead atoms. The Labute approximate surface area is 73.2 Å². The van der Waals surface area contributed by atoms with Crippen molar-refractivity contribution in [1.82, 2.24) is 0 Å². The number of carbonyl (C=O) groups excluding carboxylic acids is 1. The molecule has 0 saturated carbocycles.